The van der Waals surface area contributed by atoms with E-state index in [4.69, 9.17) is 9.47 Å². The van der Waals surface area contributed by atoms with Crippen molar-refractivity contribution in [2.24, 2.45) is 4.99 Å². The first-order valence-electron chi connectivity index (χ1n) is 8.06. The molecule has 0 aromatic heterocycles. The van der Waals surface area contributed by atoms with Gasteiger partial charge in [-0.05, 0) is 47.7 Å². The van der Waals surface area contributed by atoms with E-state index in [2.05, 4.69) is 16.9 Å². The number of carbonyl (C=O) groups is 1. The number of para-hydroxylation sites is 1. The average Bonchev–Trinajstić information content (AvgIpc) is 3.01. The second-order valence-corrected chi connectivity index (χ2v) is 6.47. The van der Waals surface area contributed by atoms with E-state index in [0.29, 0.717) is 28.2 Å². The normalized spacial score (nSPS) is 16.4. The molecule has 27 heavy (non-hydrogen) atoms. The van der Waals surface area contributed by atoms with Crippen LogP contribution in [0.4, 0.5) is 10.1 Å². The molecule has 2 aromatic carbocycles. The number of carbonyl (C=O) groups excluding carboxylic acids is 1. The molecular formula is C20H17FN2O3S. The summed E-state index contributed by atoms with van der Waals surface area (Å²) in [6.45, 7) is 3.98. The summed E-state index contributed by atoms with van der Waals surface area (Å²) in [4.78, 5) is 16.8. The molecule has 0 spiro atoms. The minimum absolute atomic E-state index is 0.173. The number of nitrogens with one attached hydrogen (secondary N) is 1. The number of hydrogen-bond donors (Lipinski definition) is 1. The zero-order valence-electron chi connectivity index (χ0n) is 14.6. The highest BCUT2D eigenvalue weighted by Crippen LogP contribution is 2.32. The Morgan fingerprint density at radius 3 is 2.81 bits per heavy atom. The van der Waals surface area contributed by atoms with Crippen molar-refractivity contribution in [2.45, 2.75) is 0 Å². The van der Waals surface area contributed by atoms with Crippen LogP contribution in [0.15, 0.2) is 65.0 Å². The first kappa shape index (κ1) is 18.7. The summed E-state index contributed by atoms with van der Waals surface area (Å²) in [5, 5.41) is 2.97. The lowest BCUT2D eigenvalue weighted by Gasteiger charge is -2.09. The van der Waals surface area contributed by atoms with E-state index in [1.807, 2.05) is 6.07 Å². The molecule has 138 valence electrons. The first-order valence-corrected chi connectivity index (χ1v) is 8.88. The summed E-state index contributed by atoms with van der Waals surface area (Å²) in [7, 11) is 1.54. The van der Waals surface area contributed by atoms with Gasteiger partial charge in [-0.15, -0.1) is 0 Å². The number of amidine groups is 1. The monoisotopic (exact) mass is 384 g/mol. The predicted octanol–water partition coefficient (Wildman–Crippen LogP) is 4.29. The highest BCUT2D eigenvalue weighted by Gasteiger charge is 2.24. The molecule has 1 heterocycles. The average molecular weight is 384 g/mol. The lowest BCUT2D eigenvalue weighted by atomic mass is 10.2. The molecule has 1 saturated heterocycles. The van der Waals surface area contributed by atoms with Gasteiger partial charge >= 0.3 is 0 Å². The molecule has 0 aliphatic carbocycles. The Balaban J connectivity index is 1.82. The summed E-state index contributed by atoms with van der Waals surface area (Å²) in [5.41, 5.74) is 0.939. The van der Waals surface area contributed by atoms with Crippen LogP contribution < -0.4 is 14.8 Å². The van der Waals surface area contributed by atoms with Gasteiger partial charge in [-0.25, -0.2) is 9.38 Å². The predicted molar refractivity (Wildman–Crippen MR) is 106 cm³/mol. The summed E-state index contributed by atoms with van der Waals surface area (Å²) in [5.74, 6) is 0.401. The van der Waals surface area contributed by atoms with Crippen molar-refractivity contribution >= 4 is 34.6 Å². The number of thioether (sulfide) groups is 1. The Bertz CT molecular complexity index is 941. The molecule has 0 atom stereocenters. The van der Waals surface area contributed by atoms with Crippen molar-refractivity contribution in [3.63, 3.8) is 0 Å². The Morgan fingerprint density at radius 1 is 1.26 bits per heavy atom. The quantitative estimate of drug-likeness (QED) is 0.596. The van der Waals surface area contributed by atoms with Crippen LogP contribution in [0.2, 0.25) is 0 Å². The lowest BCUT2D eigenvalue weighted by Crippen LogP contribution is -2.19. The van der Waals surface area contributed by atoms with Gasteiger partial charge in [0.2, 0.25) is 0 Å². The minimum Gasteiger partial charge on any atom is -0.493 e. The van der Waals surface area contributed by atoms with Crippen LogP contribution in [0, 0.1) is 5.82 Å². The second kappa shape index (κ2) is 8.55. The number of amides is 1. The standard InChI is InChI=1S/C20H17FN2O3S/c1-3-10-26-16-9-8-13(11-17(16)25-2)12-18-19(24)23-20(27-18)22-15-7-5-4-6-14(15)21/h3-9,11-12H,1,10H2,2H3,(H,22,23,24)/b18-12-. The van der Waals surface area contributed by atoms with Crippen LogP contribution >= 0.6 is 11.8 Å². The van der Waals surface area contributed by atoms with Gasteiger partial charge in [0.15, 0.2) is 16.7 Å². The van der Waals surface area contributed by atoms with Gasteiger partial charge in [0.05, 0.1) is 12.0 Å². The van der Waals surface area contributed by atoms with Crippen LogP contribution in [0.25, 0.3) is 6.08 Å². The van der Waals surface area contributed by atoms with Crippen LogP contribution in [0.5, 0.6) is 11.5 Å². The maximum Gasteiger partial charge on any atom is 0.264 e. The van der Waals surface area contributed by atoms with Gasteiger partial charge < -0.3 is 14.8 Å². The van der Waals surface area contributed by atoms with Crippen molar-refractivity contribution in [3.8, 4) is 11.5 Å². The summed E-state index contributed by atoms with van der Waals surface area (Å²) < 4.78 is 24.6. The zero-order chi connectivity index (χ0) is 19.2. The van der Waals surface area contributed by atoms with Gasteiger partial charge in [-0.2, -0.15) is 0 Å². The molecular weight excluding hydrogens is 367 g/mol. The van der Waals surface area contributed by atoms with Gasteiger partial charge in [0.1, 0.15) is 18.1 Å². The fourth-order valence-corrected chi connectivity index (χ4v) is 3.16. The molecule has 1 fully saturated rings. The van der Waals surface area contributed by atoms with Crippen LogP contribution in [0.1, 0.15) is 5.56 Å². The van der Waals surface area contributed by atoms with E-state index in [1.165, 1.54) is 6.07 Å². The van der Waals surface area contributed by atoms with Crippen molar-refractivity contribution in [1.82, 2.24) is 5.32 Å². The second-order valence-electron chi connectivity index (χ2n) is 5.44. The Morgan fingerprint density at radius 2 is 2.07 bits per heavy atom. The molecule has 0 radical (unpaired) electrons. The molecule has 7 heteroatoms. The number of rotatable bonds is 6. The molecule has 0 saturated carbocycles. The molecule has 5 nitrogen and oxygen atoms in total. The SMILES string of the molecule is C=CCOc1ccc(/C=C2\SC(=Nc3ccccc3F)NC2=O)cc1OC. The maximum absolute atomic E-state index is 13.7. The summed E-state index contributed by atoms with van der Waals surface area (Å²) in [6, 6.07) is 11.5. The number of methoxy groups -OCH3 is 1. The van der Waals surface area contributed by atoms with Gasteiger partial charge in [-0.3, -0.25) is 4.79 Å². The summed E-state index contributed by atoms with van der Waals surface area (Å²) in [6.07, 6.45) is 3.36. The molecule has 1 N–H and O–H groups in total. The molecule has 1 aliphatic heterocycles. The van der Waals surface area contributed by atoms with Crippen LogP contribution in [-0.4, -0.2) is 24.8 Å². The Kier molecular flexibility index (Phi) is 5.93. The molecule has 3 rings (SSSR count). The molecule has 0 unspecified atom stereocenters. The first-order chi connectivity index (χ1) is 13.1. The van der Waals surface area contributed by atoms with E-state index in [0.717, 1.165) is 17.3 Å². The van der Waals surface area contributed by atoms with Crippen LogP contribution in [-0.2, 0) is 4.79 Å². The Labute approximate surface area is 160 Å². The highest BCUT2D eigenvalue weighted by atomic mass is 32.2. The van der Waals surface area contributed by atoms with Crippen molar-refractivity contribution < 1.29 is 18.7 Å². The van der Waals surface area contributed by atoms with Crippen molar-refractivity contribution in [2.75, 3.05) is 13.7 Å². The van der Waals surface area contributed by atoms with Gasteiger partial charge in [-0.1, -0.05) is 30.9 Å². The van der Waals surface area contributed by atoms with Crippen LogP contribution in [0.3, 0.4) is 0 Å². The number of nitrogens with zero attached hydrogens (tertiary/aromatic N) is 1. The fraction of sp³-hybridized carbons (Fsp3) is 0.100. The highest BCUT2D eigenvalue weighted by molar-refractivity contribution is 8.18. The number of aliphatic imine (C=N–C) groups is 1. The molecule has 2 aromatic rings. The van der Waals surface area contributed by atoms with E-state index in [9.17, 15) is 9.18 Å². The van der Waals surface area contributed by atoms with Crippen molar-refractivity contribution in [1.29, 1.82) is 0 Å². The number of halogens is 1. The number of benzene rings is 2. The zero-order valence-corrected chi connectivity index (χ0v) is 15.4. The maximum atomic E-state index is 13.7. The largest absolute Gasteiger partial charge is 0.493 e. The van der Waals surface area contributed by atoms with E-state index >= 15 is 0 Å². The van der Waals surface area contributed by atoms with E-state index in [-0.39, 0.29) is 11.6 Å². The van der Waals surface area contributed by atoms with E-state index in [1.54, 1.807) is 49.6 Å². The fourth-order valence-electron chi connectivity index (χ4n) is 2.33. The topological polar surface area (TPSA) is 59.9 Å². The smallest absolute Gasteiger partial charge is 0.264 e. The molecule has 1 aliphatic rings. The third kappa shape index (κ3) is 4.57. The number of ether oxygens (including phenoxy) is 2. The van der Waals surface area contributed by atoms with Crippen molar-refractivity contribution in [3.05, 3.63) is 71.4 Å². The third-order valence-electron chi connectivity index (χ3n) is 3.57. The number of hydrogen-bond acceptors (Lipinski definition) is 5. The minimum atomic E-state index is -0.447. The molecule has 1 amide bonds. The Hall–Kier alpha value is -3.06. The molecule has 0 bridgehead atoms. The lowest BCUT2D eigenvalue weighted by molar-refractivity contribution is -0.115. The van der Waals surface area contributed by atoms with Gasteiger partial charge in [0.25, 0.3) is 5.91 Å². The third-order valence-corrected chi connectivity index (χ3v) is 4.48. The van der Waals surface area contributed by atoms with E-state index < -0.39 is 5.82 Å². The summed E-state index contributed by atoms with van der Waals surface area (Å²) >= 11 is 1.15. The van der Waals surface area contributed by atoms with Gasteiger partial charge in [0, 0.05) is 0 Å².